The average molecular weight is 325 g/mol. The second-order valence-corrected chi connectivity index (χ2v) is 5.32. The third-order valence-electron chi connectivity index (χ3n) is 3.80. The van der Waals surface area contributed by atoms with E-state index in [1.54, 1.807) is 32.4 Å². The Balaban J connectivity index is 1.83. The Morgan fingerprint density at radius 2 is 1.75 bits per heavy atom. The summed E-state index contributed by atoms with van der Waals surface area (Å²) in [5, 5.41) is 6.65. The number of carbonyl (C=O) groups excluding carboxylic acids is 1. The van der Waals surface area contributed by atoms with E-state index in [1.165, 1.54) is 0 Å². The van der Waals surface area contributed by atoms with E-state index in [4.69, 9.17) is 9.47 Å². The lowest BCUT2D eigenvalue weighted by Gasteiger charge is -2.12. The number of amides is 2. The zero-order valence-electron chi connectivity index (χ0n) is 13.8. The zero-order chi connectivity index (χ0) is 17.1. The van der Waals surface area contributed by atoms with E-state index in [0.29, 0.717) is 17.2 Å². The van der Waals surface area contributed by atoms with Crippen LogP contribution in [-0.2, 0) is 7.05 Å². The van der Waals surface area contributed by atoms with E-state index in [9.17, 15) is 4.79 Å². The number of rotatable bonds is 4. The molecule has 0 saturated carbocycles. The zero-order valence-corrected chi connectivity index (χ0v) is 13.8. The lowest BCUT2D eigenvalue weighted by Crippen LogP contribution is -2.19. The molecule has 2 N–H and O–H groups in total. The first-order valence-electron chi connectivity index (χ1n) is 7.46. The molecule has 2 aromatic carbocycles. The third kappa shape index (κ3) is 2.99. The maximum absolute atomic E-state index is 12.4. The summed E-state index contributed by atoms with van der Waals surface area (Å²) in [7, 11) is 5.06. The first-order valence-corrected chi connectivity index (χ1v) is 7.46. The highest BCUT2D eigenvalue weighted by Gasteiger charge is 2.12. The van der Waals surface area contributed by atoms with Gasteiger partial charge in [-0.25, -0.2) is 4.79 Å². The summed E-state index contributed by atoms with van der Waals surface area (Å²) in [6.45, 7) is 0. The molecule has 2 amide bonds. The van der Waals surface area contributed by atoms with E-state index >= 15 is 0 Å². The number of ether oxygens (including phenoxy) is 2. The quantitative estimate of drug-likeness (QED) is 0.766. The van der Waals surface area contributed by atoms with Gasteiger partial charge in [0.05, 0.1) is 25.6 Å². The largest absolute Gasteiger partial charge is 0.497 e. The molecule has 1 aromatic heterocycles. The topological polar surface area (TPSA) is 64.5 Å². The van der Waals surface area contributed by atoms with E-state index < -0.39 is 0 Å². The predicted molar refractivity (Wildman–Crippen MR) is 95.1 cm³/mol. The van der Waals surface area contributed by atoms with Crippen molar-refractivity contribution >= 4 is 28.3 Å². The minimum atomic E-state index is -0.349. The number of fused-ring (bicyclic) bond motifs is 1. The highest BCUT2D eigenvalue weighted by Crippen LogP contribution is 2.30. The molecule has 0 fully saturated rings. The molecular weight excluding hydrogens is 306 g/mol. The number of methoxy groups -OCH3 is 2. The van der Waals surface area contributed by atoms with Crippen molar-refractivity contribution in [3.05, 3.63) is 48.7 Å². The summed E-state index contributed by atoms with van der Waals surface area (Å²) >= 11 is 0. The molecule has 0 aliphatic rings. The van der Waals surface area contributed by atoms with Crippen LogP contribution >= 0.6 is 0 Å². The van der Waals surface area contributed by atoms with Crippen LogP contribution in [0, 0.1) is 0 Å². The molecule has 124 valence electrons. The fraction of sp³-hybridized carbons (Fsp3) is 0.167. The third-order valence-corrected chi connectivity index (χ3v) is 3.80. The number of benzene rings is 2. The summed E-state index contributed by atoms with van der Waals surface area (Å²) in [4.78, 5) is 12.4. The lowest BCUT2D eigenvalue weighted by molar-refractivity contribution is 0.262. The first-order chi connectivity index (χ1) is 11.6. The second-order valence-electron chi connectivity index (χ2n) is 5.32. The van der Waals surface area contributed by atoms with Gasteiger partial charge in [-0.1, -0.05) is 18.2 Å². The van der Waals surface area contributed by atoms with Gasteiger partial charge in [-0.3, -0.25) is 0 Å². The number of aromatic nitrogens is 1. The van der Waals surface area contributed by atoms with Crippen LogP contribution < -0.4 is 20.1 Å². The molecule has 0 unspecified atom stereocenters. The monoisotopic (exact) mass is 325 g/mol. The van der Waals surface area contributed by atoms with E-state index in [-0.39, 0.29) is 6.03 Å². The molecule has 3 aromatic rings. The van der Waals surface area contributed by atoms with Crippen LogP contribution in [0.1, 0.15) is 0 Å². The van der Waals surface area contributed by atoms with Gasteiger partial charge in [0, 0.05) is 30.2 Å². The predicted octanol–water partition coefficient (Wildman–Crippen LogP) is 3.84. The number of hydrogen-bond donors (Lipinski definition) is 2. The van der Waals surface area contributed by atoms with Crippen molar-refractivity contribution in [3.63, 3.8) is 0 Å². The van der Waals surface area contributed by atoms with Crippen LogP contribution in [0.15, 0.2) is 48.7 Å². The Labute approximate surface area is 140 Å². The Bertz CT molecular complexity index is 886. The Hall–Kier alpha value is -3.15. The molecule has 0 aliphatic heterocycles. The summed E-state index contributed by atoms with van der Waals surface area (Å²) in [5.74, 6) is 1.19. The summed E-state index contributed by atoms with van der Waals surface area (Å²) in [5.41, 5.74) is 2.33. The van der Waals surface area contributed by atoms with Gasteiger partial charge in [0.15, 0.2) is 0 Å². The van der Waals surface area contributed by atoms with Crippen LogP contribution in [0.2, 0.25) is 0 Å². The van der Waals surface area contributed by atoms with E-state index in [0.717, 1.165) is 16.6 Å². The maximum Gasteiger partial charge on any atom is 0.323 e. The van der Waals surface area contributed by atoms with Crippen molar-refractivity contribution in [1.29, 1.82) is 0 Å². The summed E-state index contributed by atoms with van der Waals surface area (Å²) in [6.07, 6.45) is 1.88. The minimum absolute atomic E-state index is 0.349. The molecule has 0 saturated heterocycles. The molecule has 0 spiro atoms. The van der Waals surface area contributed by atoms with Gasteiger partial charge in [-0.15, -0.1) is 0 Å². The number of anilines is 2. The smallest absolute Gasteiger partial charge is 0.323 e. The van der Waals surface area contributed by atoms with Crippen molar-refractivity contribution in [2.75, 3.05) is 24.9 Å². The number of nitrogens with zero attached hydrogens (tertiary/aromatic N) is 1. The van der Waals surface area contributed by atoms with E-state index in [2.05, 4.69) is 10.6 Å². The van der Waals surface area contributed by atoms with Crippen LogP contribution in [-0.4, -0.2) is 24.8 Å². The molecule has 3 rings (SSSR count). The maximum atomic E-state index is 12.4. The number of carbonyl (C=O) groups is 1. The van der Waals surface area contributed by atoms with E-state index in [1.807, 2.05) is 42.1 Å². The summed E-state index contributed by atoms with van der Waals surface area (Å²) < 4.78 is 12.4. The first kappa shape index (κ1) is 15.7. The van der Waals surface area contributed by atoms with Gasteiger partial charge >= 0.3 is 6.03 Å². The number of urea groups is 1. The van der Waals surface area contributed by atoms with Crippen molar-refractivity contribution < 1.29 is 14.3 Å². The van der Waals surface area contributed by atoms with Gasteiger partial charge in [0.1, 0.15) is 11.5 Å². The number of aryl methyl sites for hydroxylation is 1. The minimum Gasteiger partial charge on any atom is -0.497 e. The number of para-hydroxylation sites is 1. The Morgan fingerprint density at radius 1 is 1.00 bits per heavy atom. The molecule has 24 heavy (non-hydrogen) atoms. The molecule has 1 heterocycles. The summed E-state index contributed by atoms with van der Waals surface area (Å²) in [6, 6.07) is 12.8. The number of hydrogen-bond acceptors (Lipinski definition) is 3. The molecule has 0 bridgehead atoms. The molecule has 0 aliphatic carbocycles. The molecule has 0 radical (unpaired) electrons. The van der Waals surface area contributed by atoms with Crippen LogP contribution in [0.4, 0.5) is 16.2 Å². The average Bonchev–Trinajstić information content (AvgIpc) is 2.91. The molecular formula is C18H19N3O3. The normalized spacial score (nSPS) is 10.5. The Kier molecular flexibility index (Phi) is 4.29. The SMILES string of the molecule is COc1ccc(OC)c(NC(=O)Nc2cn(C)c3ccccc23)c1. The molecule has 6 heteroatoms. The van der Waals surface area contributed by atoms with Crippen LogP contribution in [0.3, 0.4) is 0 Å². The number of nitrogens with one attached hydrogen (secondary N) is 2. The van der Waals surface area contributed by atoms with Crippen molar-refractivity contribution in [2.45, 2.75) is 0 Å². The molecule has 6 nitrogen and oxygen atoms in total. The van der Waals surface area contributed by atoms with Gasteiger partial charge in [0.25, 0.3) is 0 Å². The van der Waals surface area contributed by atoms with Crippen LogP contribution in [0.25, 0.3) is 10.9 Å². The fourth-order valence-corrected chi connectivity index (χ4v) is 2.63. The van der Waals surface area contributed by atoms with Gasteiger partial charge < -0.3 is 24.7 Å². The highest BCUT2D eigenvalue weighted by atomic mass is 16.5. The van der Waals surface area contributed by atoms with Gasteiger partial charge in [-0.2, -0.15) is 0 Å². The van der Waals surface area contributed by atoms with Gasteiger partial charge in [-0.05, 0) is 18.2 Å². The fourth-order valence-electron chi connectivity index (χ4n) is 2.63. The second kappa shape index (κ2) is 6.54. The van der Waals surface area contributed by atoms with Crippen molar-refractivity contribution in [1.82, 2.24) is 4.57 Å². The van der Waals surface area contributed by atoms with Crippen LogP contribution in [0.5, 0.6) is 11.5 Å². The van der Waals surface area contributed by atoms with Crippen molar-refractivity contribution in [3.8, 4) is 11.5 Å². The lowest BCUT2D eigenvalue weighted by atomic mass is 10.2. The Morgan fingerprint density at radius 3 is 2.50 bits per heavy atom. The van der Waals surface area contributed by atoms with Crippen molar-refractivity contribution in [2.24, 2.45) is 7.05 Å². The van der Waals surface area contributed by atoms with Gasteiger partial charge in [0.2, 0.25) is 0 Å². The standard InChI is InChI=1S/C18H19N3O3/c1-21-11-15(13-6-4-5-7-16(13)21)20-18(22)19-14-10-12(23-2)8-9-17(14)24-3/h4-11H,1-3H3,(H2,19,20,22). The molecule has 0 atom stereocenters. The highest BCUT2D eigenvalue weighted by molar-refractivity contribution is 6.06.